The summed E-state index contributed by atoms with van der Waals surface area (Å²) >= 11 is 0. The largest absolute Gasteiger partial charge is 0.493 e. The van der Waals surface area contributed by atoms with Crippen LogP contribution in [0.5, 0.6) is 11.5 Å². The Morgan fingerprint density at radius 1 is 1.08 bits per heavy atom. The van der Waals surface area contributed by atoms with Crippen LogP contribution < -0.4 is 14.8 Å². The summed E-state index contributed by atoms with van der Waals surface area (Å²) in [5.41, 5.74) is 2.50. The third-order valence-electron chi connectivity index (χ3n) is 4.30. The number of ketones is 1. The minimum Gasteiger partial charge on any atom is -0.493 e. The van der Waals surface area contributed by atoms with Crippen LogP contribution in [0.3, 0.4) is 0 Å². The first-order valence-electron chi connectivity index (χ1n) is 8.66. The zero-order valence-electron chi connectivity index (χ0n) is 15.7. The fourth-order valence-corrected chi connectivity index (χ4v) is 2.48. The Kier molecular flexibility index (Phi) is 6.78. The maximum atomic E-state index is 12.1. The Labute approximate surface area is 154 Å². The number of carbonyl (C=O) groups excluding carboxylic acids is 2. The normalized spacial score (nSPS) is 11.5. The van der Waals surface area contributed by atoms with Gasteiger partial charge >= 0.3 is 0 Å². The van der Waals surface area contributed by atoms with Crippen LogP contribution in [0.2, 0.25) is 0 Å². The summed E-state index contributed by atoms with van der Waals surface area (Å²) in [6, 6.07) is 12.7. The van der Waals surface area contributed by atoms with Crippen LogP contribution in [0.25, 0.3) is 0 Å². The lowest BCUT2D eigenvalue weighted by Crippen LogP contribution is -2.20. The third kappa shape index (κ3) is 5.09. The molecule has 0 saturated carbocycles. The van der Waals surface area contributed by atoms with Crippen LogP contribution in [0.15, 0.2) is 42.5 Å². The molecule has 0 spiro atoms. The molecule has 1 atom stereocenters. The molecular formula is C21H25NO4. The summed E-state index contributed by atoms with van der Waals surface area (Å²) in [7, 11) is 1.49. The second-order valence-electron chi connectivity index (χ2n) is 6.19. The molecule has 0 radical (unpaired) electrons. The SMILES string of the molecule is CCC(C)c1ccc(NC(=O)COc2ccc(C(C)=O)cc2OC)cc1. The van der Waals surface area contributed by atoms with Gasteiger partial charge in [-0.2, -0.15) is 0 Å². The smallest absolute Gasteiger partial charge is 0.262 e. The van der Waals surface area contributed by atoms with Crippen molar-refractivity contribution in [2.45, 2.75) is 33.1 Å². The molecule has 0 heterocycles. The zero-order valence-corrected chi connectivity index (χ0v) is 15.7. The maximum absolute atomic E-state index is 12.1. The predicted octanol–water partition coefficient (Wildman–Crippen LogP) is 4.43. The van der Waals surface area contributed by atoms with Crippen molar-refractivity contribution in [2.75, 3.05) is 19.0 Å². The Morgan fingerprint density at radius 3 is 2.35 bits per heavy atom. The molecule has 1 amide bonds. The van der Waals surface area contributed by atoms with E-state index in [1.165, 1.54) is 19.6 Å². The van der Waals surface area contributed by atoms with E-state index in [1.807, 2.05) is 24.3 Å². The molecule has 26 heavy (non-hydrogen) atoms. The second-order valence-corrected chi connectivity index (χ2v) is 6.19. The molecule has 0 aliphatic rings. The highest BCUT2D eigenvalue weighted by Crippen LogP contribution is 2.28. The van der Waals surface area contributed by atoms with Crippen molar-refractivity contribution in [2.24, 2.45) is 0 Å². The Balaban J connectivity index is 1.95. The van der Waals surface area contributed by atoms with Crippen molar-refractivity contribution in [3.8, 4) is 11.5 Å². The number of hydrogen-bond acceptors (Lipinski definition) is 4. The number of Topliss-reactive ketones (excluding diaryl/α,β-unsaturated/α-hetero) is 1. The molecule has 5 heteroatoms. The summed E-state index contributed by atoms with van der Waals surface area (Å²) in [4.78, 5) is 23.5. The number of benzene rings is 2. The van der Waals surface area contributed by atoms with Gasteiger partial charge in [0.2, 0.25) is 0 Å². The van der Waals surface area contributed by atoms with E-state index in [0.717, 1.165) is 12.1 Å². The second kappa shape index (κ2) is 9.04. The van der Waals surface area contributed by atoms with Crippen LogP contribution in [-0.2, 0) is 4.79 Å². The minimum absolute atomic E-state index is 0.0616. The first-order chi connectivity index (χ1) is 12.4. The predicted molar refractivity (Wildman–Crippen MR) is 102 cm³/mol. The summed E-state index contributed by atoms with van der Waals surface area (Å²) < 4.78 is 10.8. The van der Waals surface area contributed by atoms with Crippen LogP contribution in [0, 0.1) is 0 Å². The molecule has 0 fully saturated rings. The lowest BCUT2D eigenvalue weighted by Gasteiger charge is -2.12. The molecule has 0 aliphatic heterocycles. The highest BCUT2D eigenvalue weighted by atomic mass is 16.5. The average Bonchev–Trinajstić information content (AvgIpc) is 2.66. The third-order valence-corrected chi connectivity index (χ3v) is 4.30. The van der Waals surface area contributed by atoms with Gasteiger partial charge in [-0.05, 0) is 55.2 Å². The quantitative estimate of drug-likeness (QED) is 0.712. The molecule has 2 aromatic rings. The van der Waals surface area contributed by atoms with Crippen LogP contribution >= 0.6 is 0 Å². The maximum Gasteiger partial charge on any atom is 0.262 e. The van der Waals surface area contributed by atoms with E-state index >= 15 is 0 Å². The monoisotopic (exact) mass is 355 g/mol. The van der Waals surface area contributed by atoms with Crippen molar-refractivity contribution in [1.29, 1.82) is 0 Å². The topological polar surface area (TPSA) is 64.6 Å². The molecule has 138 valence electrons. The van der Waals surface area contributed by atoms with Gasteiger partial charge in [-0.15, -0.1) is 0 Å². The highest BCUT2D eigenvalue weighted by molar-refractivity contribution is 5.95. The lowest BCUT2D eigenvalue weighted by atomic mass is 9.99. The van der Waals surface area contributed by atoms with Crippen molar-refractivity contribution >= 4 is 17.4 Å². The van der Waals surface area contributed by atoms with E-state index in [9.17, 15) is 9.59 Å². The Bertz CT molecular complexity index is 768. The number of rotatable bonds is 8. The van der Waals surface area contributed by atoms with E-state index in [-0.39, 0.29) is 18.3 Å². The van der Waals surface area contributed by atoms with Gasteiger partial charge in [-0.1, -0.05) is 26.0 Å². The van der Waals surface area contributed by atoms with Gasteiger partial charge in [0.15, 0.2) is 23.9 Å². The van der Waals surface area contributed by atoms with Crippen LogP contribution in [0.4, 0.5) is 5.69 Å². The van der Waals surface area contributed by atoms with E-state index in [1.54, 1.807) is 18.2 Å². The fourth-order valence-electron chi connectivity index (χ4n) is 2.48. The molecule has 5 nitrogen and oxygen atoms in total. The molecule has 2 aromatic carbocycles. The first-order valence-corrected chi connectivity index (χ1v) is 8.66. The van der Waals surface area contributed by atoms with Gasteiger partial charge in [0.05, 0.1) is 7.11 Å². The van der Waals surface area contributed by atoms with E-state index in [0.29, 0.717) is 23.0 Å². The summed E-state index contributed by atoms with van der Waals surface area (Å²) in [6.07, 6.45) is 1.07. The van der Waals surface area contributed by atoms with Gasteiger partial charge in [-0.3, -0.25) is 9.59 Å². The lowest BCUT2D eigenvalue weighted by molar-refractivity contribution is -0.118. The number of ether oxygens (including phenoxy) is 2. The molecular weight excluding hydrogens is 330 g/mol. The summed E-state index contributed by atoms with van der Waals surface area (Å²) in [6.45, 7) is 5.65. The first kappa shape index (κ1) is 19.5. The molecule has 0 bridgehead atoms. The van der Waals surface area contributed by atoms with Crippen molar-refractivity contribution in [3.63, 3.8) is 0 Å². The summed E-state index contributed by atoms with van der Waals surface area (Å²) in [5.74, 6) is 1.00. The Morgan fingerprint density at radius 2 is 1.77 bits per heavy atom. The number of methoxy groups -OCH3 is 1. The van der Waals surface area contributed by atoms with Crippen LogP contribution in [-0.4, -0.2) is 25.4 Å². The average molecular weight is 355 g/mol. The number of nitrogens with one attached hydrogen (secondary N) is 1. The number of hydrogen-bond donors (Lipinski definition) is 1. The zero-order chi connectivity index (χ0) is 19.1. The standard InChI is InChI=1S/C21H25NO4/c1-5-14(2)16-6-9-18(10-7-16)22-21(24)13-26-19-11-8-17(15(3)23)12-20(19)25-4/h6-12,14H,5,13H2,1-4H3,(H,22,24). The summed E-state index contributed by atoms with van der Waals surface area (Å²) in [5, 5.41) is 2.80. The Hall–Kier alpha value is -2.82. The number of amides is 1. The van der Waals surface area contributed by atoms with Gasteiger partial charge in [0.25, 0.3) is 5.91 Å². The van der Waals surface area contributed by atoms with Gasteiger partial charge in [-0.25, -0.2) is 0 Å². The highest BCUT2D eigenvalue weighted by Gasteiger charge is 2.11. The van der Waals surface area contributed by atoms with Crippen molar-refractivity contribution in [3.05, 3.63) is 53.6 Å². The molecule has 0 aromatic heterocycles. The van der Waals surface area contributed by atoms with Crippen LogP contribution in [0.1, 0.15) is 49.0 Å². The molecule has 2 rings (SSSR count). The number of carbonyl (C=O) groups is 2. The minimum atomic E-state index is -0.265. The van der Waals surface area contributed by atoms with E-state index in [2.05, 4.69) is 19.2 Å². The molecule has 1 unspecified atom stereocenters. The molecule has 1 N–H and O–H groups in total. The fraction of sp³-hybridized carbons (Fsp3) is 0.333. The molecule has 0 aliphatic carbocycles. The van der Waals surface area contributed by atoms with Gasteiger partial charge < -0.3 is 14.8 Å². The van der Waals surface area contributed by atoms with E-state index in [4.69, 9.17) is 9.47 Å². The number of anilines is 1. The van der Waals surface area contributed by atoms with Crippen molar-refractivity contribution in [1.82, 2.24) is 0 Å². The van der Waals surface area contributed by atoms with Crippen molar-refractivity contribution < 1.29 is 19.1 Å². The van der Waals surface area contributed by atoms with E-state index < -0.39 is 0 Å². The van der Waals surface area contributed by atoms with Gasteiger partial charge in [0, 0.05) is 11.3 Å². The van der Waals surface area contributed by atoms with Gasteiger partial charge in [0.1, 0.15) is 0 Å². The molecule has 0 saturated heterocycles.